The van der Waals surface area contributed by atoms with Gasteiger partial charge in [-0.1, -0.05) is 0 Å². The molecule has 0 aliphatic heterocycles. The lowest BCUT2D eigenvalue weighted by atomic mass is 9.88. The highest BCUT2D eigenvalue weighted by Crippen LogP contribution is 2.29. The molecule has 2 heteroatoms. The Balaban J connectivity index is 2.17. The van der Waals surface area contributed by atoms with Crippen LogP contribution < -0.4 is 0 Å². The molecular weight excluding hydrogens is 128 g/mol. The second-order valence-electron chi connectivity index (χ2n) is 2.87. The van der Waals surface area contributed by atoms with E-state index in [1.165, 1.54) is 6.10 Å². The smallest absolute Gasteiger partial charge is 0.0967 e. The first-order valence-corrected chi connectivity index (χ1v) is 3.86. The van der Waals surface area contributed by atoms with Crippen molar-refractivity contribution in [3.63, 3.8) is 0 Å². The van der Waals surface area contributed by atoms with Crippen LogP contribution in [0.3, 0.4) is 0 Å². The van der Waals surface area contributed by atoms with Gasteiger partial charge < -0.3 is 9.84 Å². The maximum absolute atomic E-state index is 8.80. The van der Waals surface area contributed by atoms with Gasteiger partial charge in [-0.2, -0.15) is 0 Å². The standard InChI is InChI=1S/C8H15O2/c1-10-8-4-2-7(6-9)3-5-8/h7,9H,2-6H2,1H3. The minimum atomic E-state index is 0.344. The third-order valence-electron chi connectivity index (χ3n) is 2.21. The lowest BCUT2D eigenvalue weighted by Crippen LogP contribution is -2.16. The summed E-state index contributed by atoms with van der Waals surface area (Å²) < 4.78 is 5.12. The molecular formula is C8H15O2. The SMILES string of the molecule is CO[C]1CCC(CO)CC1. The molecule has 0 spiro atoms. The van der Waals surface area contributed by atoms with Crippen LogP contribution in [0.25, 0.3) is 0 Å². The van der Waals surface area contributed by atoms with Gasteiger partial charge >= 0.3 is 0 Å². The highest BCUT2D eigenvalue weighted by atomic mass is 16.5. The zero-order valence-electron chi connectivity index (χ0n) is 6.47. The van der Waals surface area contributed by atoms with Gasteiger partial charge in [-0.05, 0) is 31.6 Å². The average Bonchev–Trinajstić information content (AvgIpc) is 2.05. The summed E-state index contributed by atoms with van der Waals surface area (Å²) in [5.41, 5.74) is 0. The molecule has 0 heterocycles. The van der Waals surface area contributed by atoms with Crippen LogP contribution in [0.2, 0.25) is 0 Å². The number of hydrogen-bond donors (Lipinski definition) is 1. The van der Waals surface area contributed by atoms with E-state index >= 15 is 0 Å². The van der Waals surface area contributed by atoms with Gasteiger partial charge in [0.25, 0.3) is 0 Å². The highest BCUT2D eigenvalue weighted by molar-refractivity contribution is 4.85. The maximum atomic E-state index is 8.80. The molecule has 1 rings (SSSR count). The highest BCUT2D eigenvalue weighted by Gasteiger charge is 2.20. The number of aliphatic hydroxyl groups is 1. The van der Waals surface area contributed by atoms with Gasteiger partial charge in [0.1, 0.15) is 0 Å². The van der Waals surface area contributed by atoms with Gasteiger partial charge in [0.05, 0.1) is 6.10 Å². The Bertz CT molecular complexity index is 73.3. The van der Waals surface area contributed by atoms with Crippen molar-refractivity contribution in [1.29, 1.82) is 0 Å². The van der Waals surface area contributed by atoms with Crippen molar-refractivity contribution in [2.45, 2.75) is 25.7 Å². The number of methoxy groups -OCH3 is 1. The lowest BCUT2D eigenvalue weighted by Gasteiger charge is -2.24. The summed E-state index contributed by atoms with van der Waals surface area (Å²) in [5.74, 6) is 0.527. The van der Waals surface area contributed by atoms with E-state index in [1.54, 1.807) is 7.11 Å². The van der Waals surface area contributed by atoms with Crippen molar-refractivity contribution < 1.29 is 9.84 Å². The first-order chi connectivity index (χ1) is 4.86. The second-order valence-corrected chi connectivity index (χ2v) is 2.87. The molecule has 10 heavy (non-hydrogen) atoms. The van der Waals surface area contributed by atoms with Crippen molar-refractivity contribution >= 4 is 0 Å². The van der Waals surface area contributed by atoms with Crippen LogP contribution in [-0.4, -0.2) is 18.8 Å². The van der Waals surface area contributed by atoms with E-state index in [-0.39, 0.29) is 0 Å². The molecule has 1 aliphatic carbocycles. The number of aliphatic hydroxyl groups excluding tert-OH is 1. The van der Waals surface area contributed by atoms with E-state index in [0.29, 0.717) is 12.5 Å². The Morgan fingerprint density at radius 1 is 1.50 bits per heavy atom. The third kappa shape index (κ3) is 1.96. The van der Waals surface area contributed by atoms with E-state index in [1.807, 2.05) is 0 Å². The molecule has 59 valence electrons. The Hall–Kier alpha value is -0.0800. The van der Waals surface area contributed by atoms with E-state index in [0.717, 1.165) is 25.7 Å². The molecule has 0 unspecified atom stereocenters. The topological polar surface area (TPSA) is 29.5 Å². The van der Waals surface area contributed by atoms with Gasteiger partial charge in [-0.3, -0.25) is 0 Å². The molecule has 0 aromatic rings. The van der Waals surface area contributed by atoms with Gasteiger partial charge in [-0.15, -0.1) is 0 Å². The normalized spacial score (nSPS) is 23.4. The summed E-state index contributed by atoms with van der Waals surface area (Å²) in [4.78, 5) is 0. The minimum Gasteiger partial charge on any atom is -0.396 e. The lowest BCUT2D eigenvalue weighted by molar-refractivity contribution is 0.122. The van der Waals surface area contributed by atoms with E-state index in [4.69, 9.17) is 9.84 Å². The molecule has 0 bridgehead atoms. The molecule has 1 N–H and O–H groups in total. The molecule has 0 saturated heterocycles. The Morgan fingerprint density at radius 2 is 2.10 bits per heavy atom. The average molecular weight is 143 g/mol. The summed E-state index contributed by atoms with van der Waals surface area (Å²) >= 11 is 0. The van der Waals surface area contributed by atoms with Crippen molar-refractivity contribution in [1.82, 2.24) is 0 Å². The van der Waals surface area contributed by atoms with Crippen molar-refractivity contribution in [2.24, 2.45) is 5.92 Å². The van der Waals surface area contributed by atoms with Crippen molar-refractivity contribution in [2.75, 3.05) is 13.7 Å². The monoisotopic (exact) mass is 143 g/mol. The zero-order valence-corrected chi connectivity index (χ0v) is 6.47. The molecule has 1 aliphatic rings. The molecule has 1 fully saturated rings. The van der Waals surface area contributed by atoms with Crippen LogP contribution in [0.5, 0.6) is 0 Å². The predicted molar refractivity (Wildman–Crippen MR) is 39.3 cm³/mol. The van der Waals surface area contributed by atoms with Crippen LogP contribution in [-0.2, 0) is 4.74 Å². The van der Waals surface area contributed by atoms with Gasteiger partial charge in [0, 0.05) is 13.7 Å². The van der Waals surface area contributed by atoms with Crippen molar-refractivity contribution in [3.8, 4) is 0 Å². The van der Waals surface area contributed by atoms with Gasteiger partial charge in [0.15, 0.2) is 0 Å². The molecule has 0 aromatic carbocycles. The third-order valence-corrected chi connectivity index (χ3v) is 2.21. The minimum absolute atomic E-state index is 0.344. The second kappa shape index (κ2) is 3.94. The van der Waals surface area contributed by atoms with Gasteiger partial charge in [0.2, 0.25) is 0 Å². The van der Waals surface area contributed by atoms with Crippen LogP contribution in [0.4, 0.5) is 0 Å². The Morgan fingerprint density at radius 3 is 2.50 bits per heavy atom. The summed E-state index contributed by atoms with van der Waals surface area (Å²) in [6.07, 6.45) is 5.48. The van der Waals surface area contributed by atoms with Crippen LogP contribution >= 0.6 is 0 Å². The predicted octanol–water partition coefficient (Wildman–Crippen LogP) is 1.35. The number of hydrogen-bond acceptors (Lipinski definition) is 2. The first kappa shape index (κ1) is 8.02. The maximum Gasteiger partial charge on any atom is 0.0967 e. The molecule has 1 saturated carbocycles. The van der Waals surface area contributed by atoms with E-state index in [2.05, 4.69) is 0 Å². The first-order valence-electron chi connectivity index (χ1n) is 3.86. The van der Waals surface area contributed by atoms with Crippen LogP contribution in [0.15, 0.2) is 0 Å². The quantitative estimate of drug-likeness (QED) is 0.632. The van der Waals surface area contributed by atoms with Crippen LogP contribution in [0, 0.1) is 12.0 Å². The fourth-order valence-corrected chi connectivity index (χ4v) is 1.39. The van der Waals surface area contributed by atoms with Gasteiger partial charge in [-0.25, -0.2) is 0 Å². The molecule has 2 nitrogen and oxygen atoms in total. The Kier molecular flexibility index (Phi) is 3.16. The largest absolute Gasteiger partial charge is 0.396 e. The zero-order chi connectivity index (χ0) is 7.40. The van der Waals surface area contributed by atoms with E-state index < -0.39 is 0 Å². The summed E-state index contributed by atoms with van der Waals surface area (Å²) in [6.45, 7) is 0.344. The molecule has 0 atom stereocenters. The number of rotatable bonds is 2. The fraction of sp³-hybridized carbons (Fsp3) is 0.875. The summed E-state index contributed by atoms with van der Waals surface area (Å²) in [7, 11) is 1.73. The molecule has 0 aromatic heterocycles. The fourth-order valence-electron chi connectivity index (χ4n) is 1.39. The summed E-state index contributed by atoms with van der Waals surface area (Å²) in [6, 6.07) is 0. The summed E-state index contributed by atoms with van der Waals surface area (Å²) in [5, 5.41) is 8.80. The molecule has 1 radical (unpaired) electrons. The van der Waals surface area contributed by atoms with Crippen molar-refractivity contribution in [3.05, 3.63) is 6.10 Å². The van der Waals surface area contributed by atoms with E-state index in [9.17, 15) is 0 Å². The molecule has 0 amide bonds. The van der Waals surface area contributed by atoms with Crippen LogP contribution in [0.1, 0.15) is 25.7 Å². The number of ether oxygens (including phenoxy) is 1. The Labute approximate surface area is 62.2 Å².